The second-order valence-electron chi connectivity index (χ2n) is 3.00. The molecule has 76 valence electrons. The molecule has 0 amide bonds. The van der Waals surface area contributed by atoms with Gasteiger partial charge in [-0.15, -0.1) is 0 Å². The van der Waals surface area contributed by atoms with Crippen LogP contribution < -0.4 is 4.57 Å². The van der Waals surface area contributed by atoms with Crippen molar-refractivity contribution in [1.29, 1.82) is 0 Å². The number of aryl methyl sites for hydroxylation is 2. The van der Waals surface area contributed by atoms with Crippen LogP contribution in [-0.4, -0.2) is 10.4 Å². The zero-order chi connectivity index (χ0) is 10.6. The highest BCUT2D eigenvalue weighted by molar-refractivity contribution is 9.08. The number of imidazole rings is 1. The van der Waals surface area contributed by atoms with Crippen molar-refractivity contribution in [3.63, 3.8) is 0 Å². The fraction of sp³-hybridized carbons (Fsp3) is 0.364. The van der Waals surface area contributed by atoms with Crippen molar-refractivity contribution in [2.45, 2.75) is 13.5 Å². The van der Waals surface area contributed by atoms with Gasteiger partial charge in [0.25, 0.3) is 0 Å². The quantitative estimate of drug-likeness (QED) is 0.547. The number of nitrogens with zero attached hydrogens (tertiary/aromatic N) is 2. The van der Waals surface area contributed by atoms with Crippen molar-refractivity contribution in [3.8, 4) is 0 Å². The number of alkyl halides is 1. The lowest BCUT2D eigenvalue weighted by Gasteiger charge is -1.88. The van der Waals surface area contributed by atoms with Gasteiger partial charge in [0.15, 0.2) is 11.0 Å². The highest BCUT2D eigenvalue weighted by Gasteiger charge is 2.09. The lowest BCUT2D eigenvalue weighted by Crippen LogP contribution is -2.25. The van der Waals surface area contributed by atoms with Crippen molar-refractivity contribution in [3.05, 3.63) is 30.6 Å². The third-order valence-electron chi connectivity index (χ3n) is 2.22. The normalized spacial score (nSPS) is 9.71. The Hall–Kier alpha value is -0.830. The highest BCUT2D eigenvalue weighted by Crippen LogP contribution is 2.08. The molecule has 0 aliphatic heterocycles. The standard InChI is InChI=1S/C10H13N2.CH3Br/c1-3-12-8-11(2)9-6-4-5-7-10(9)12;1-2/h4-8H,3H2,1-2H3;1H3/q+1;. The van der Waals surface area contributed by atoms with Crippen LogP contribution in [0.15, 0.2) is 30.6 Å². The van der Waals surface area contributed by atoms with Gasteiger partial charge in [-0.25, -0.2) is 9.13 Å². The minimum Gasteiger partial charge on any atom is -0.233 e. The average molecular weight is 256 g/mol. The molecule has 0 spiro atoms. The largest absolute Gasteiger partial charge is 0.244 e. The molecule has 3 heteroatoms. The number of aromatic nitrogens is 2. The Labute approximate surface area is 93.3 Å². The zero-order valence-electron chi connectivity index (χ0n) is 8.87. The molecule has 1 aromatic carbocycles. The van der Waals surface area contributed by atoms with Gasteiger partial charge < -0.3 is 0 Å². The maximum absolute atomic E-state index is 2.94. The van der Waals surface area contributed by atoms with Gasteiger partial charge in [-0.1, -0.05) is 28.1 Å². The monoisotopic (exact) mass is 255 g/mol. The van der Waals surface area contributed by atoms with Crippen LogP contribution in [0.25, 0.3) is 11.0 Å². The molecule has 0 atom stereocenters. The lowest BCUT2D eigenvalue weighted by atomic mass is 10.3. The molecule has 14 heavy (non-hydrogen) atoms. The Morgan fingerprint density at radius 3 is 2.57 bits per heavy atom. The number of hydrogen-bond acceptors (Lipinski definition) is 0. The number of fused-ring (bicyclic) bond motifs is 1. The van der Waals surface area contributed by atoms with E-state index in [1.807, 2.05) is 5.83 Å². The Balaban J connectivity index is 0.000000461. The number of para-hydroxylation sites is 2. The van der Waals surface area contributed by atoms with Gasteiger partial charge in [-0.3, -0.25) is 0 Å². The van der Waals surface area contributed by atoms with Gasteiger partial charge in [0.1, 0.15) is 0 Å². The molecule has 0 bridgehead atoms. The molecule has 2 aromatic rings. The summed E-state index contributed by atoms with van der Waals surface area (Å²) in [4.78, 5) is 0. The smallest absolute Gasteiger partial charge is 0.233 e. The molecule has 0 saturated carbocycles. The second kappa shape index (κ2) is 5.15. The first-order valence-corrected chi connectivity index (χ1v) is 6.23. The minimum atomic E-state index is 1.03. The first-order chi connectivity index (χ1) is 6.83. The van der Waals surface area contributed by atoms with E-state index in [2.05, 4.69) is 69.6 Å². The van der Waals surface area contributed by atoms with Crippen LogP contribution in [0.4, 0.5) is 0 Å². The summed E-state index contributed by atoms with van der Waals surface area (Å²) in [6, 6.07) is 8.44. The molecule has 0 aliphatic rings. The predicted molar refractivity (Wildman–Crippen MR) is 63.6 cm³/mol. The SMILES string of the molecule is CBr.CCn1c[n+](C)c2ccccc21. The molecule has 0 unspecified atom stereocenters. The van der Waals surface area contributed by atoms with Gasteiger partial charge in [0.2, 0.25) is 6.33 Å². The Kier molecular flexibility index (Phi) is 4.14. The minimum absolute atomic E-state index is 1.03. The van der Waals surface area contributed by atoms with Crippen LogP contribution in [0.2, 0.25) is 0 Å². The molecular weight excluding hydrogens is 240 g/mol. The molecule has 2 nitrogen and oxygen atoms in total. The van der Waals surface area contributed by atoms with Crippen molar-refractivity contribution >= 4 is 27.0 Å². The molecular formula is C11H16BrN2+. The molecule has 1 aromatic heterocycles. The predicted octanol–water partition coefficient (Wildman–Crippen LogP) is 2.50. The average Bonchev–Trinajstić information content (AvgIpc) is 2.59. The van der Waals surface area contributed by atoms with E-state index < -0.39 is 0 Å². The molecule has 0 N–H and O–H groups in total. The molecule has 0 fully saturated rings. The van der Waals surface area contributed by atoms with E-state index in [4.69, 9.17) is 0 Å². The van der Waals surface area contributed by atoms with Crippen LogP contribution in [0, 0.1) is 0 Å². The van der Waals surface area contributed by atoms with E-state index in [0.717, 1.165) is 6.54 Å². The summed E-state index contributed by atoms with van der Waals surface area (Å²) in [5.74, 6) is 1.81. The number of hydrogen-bond donors (Lipinski definition) is 0. The van der Waals surface area contributed by atoms with E-state index in [0.29, 0.717) is 0 Å². The highest BCUT2D eigenvalue weighted by atomic mass is 79.9. The van der Waals surface area contributed by atoms with Gasteiger partial charge in [-0.05, 0) is 24.9 Å². The Morgan fingerprint density at radius 2 is 1.93 bits per heavy atom. The molecule has 2 rings (SSSR count). The van der Waals surface area contributed by atoms with E-state index in [9.17, 15) is 0 Å². The zero-order valence-corrected chi connectivity index (χ0v) is 10.5. The fourth-order valence-electron chi connectivity index (χ4n) is 1.59. The fourth-order valence-corrected chi connectivity index (χ4v) is 1.59. The van der Waals surface area contributed by atoms with Gasteiger partial charge in [-0.2, -0.15) is 0 Å². The summed E-state index contributed by atoms with van der Waals surface area (Å²) >= 11 is 2.94. The molecule has 1 heterocycles. The second-order valence-corrected chi connectivity index (χ2v) is 3.00. The number of halogens is 1. The Bertz CT molecular complexity index is 407. The maximum Gasteiger partial charge on any atom is 0.244 e. The maximum atomic E-state index is 2.94. The van der Waals surface area contributed by atoms with E-state index >= 15 is 0 Å². The topological polar surface area (TPSA) is 8.81 Å². The molecule has 0 aliphatic carbocycles. The van der Waals surface area contributed by atoms with Gasteiger partial charge in [0.05, 0.1) is 13.6 Å². The Morgan fingerprint density at radius 1 is 1.29 bits per heavy atom. The summed E-state index contributed by atoms with van der Waals surface area (Å²) in [5, 5.41) is 0. The summed E-state index contributed by atoms with van der Waals surface area (Å²) < 4.78 is 4.40. The third-order valence-corrected chi connectivity index (χ3v) is 2.22. The van der Waals surface area contributed by atoms with Crippen molar-refractivity contribution < 1.29 is 4.57 Å². The van der Waals surface area contributed by atoms with Crippen LogP contribution in [0.3, 0.4) is 0 Å². The molecule has 0 saturated heterocycles. The summed E-state index contributed by atoms with van der Waals surface area (Å²) in [6.07, 6.45) is 2.13. The number of rotatable bonds is 1. The van der Waals surface area contributed by atoms with Crippen molar-refractivity contribution in [1.82, 2.24) is 4.57 Å². The van der Waals surface area contributed by atoms with Crippen LogP contribution in [0.1, 0.15) is 6.92 Å². The van der Waals surface area contributed by atoms with Crippen molar-refractivity contribution in [2.75, 3.05) is 5.83 Å². The summed E-state index contributed by atoms with van der Waals surface area (Å²) in [5.41, 5.74) is 2.60. The summed E-state index contributed by atoms with van der Waals surface area (Å²) in [7, 11) is 2.08. The first-order valence-electron chi connectivity index (χ1n) is 4.64. The van der Waals surface area contributed by atoms with Gasteiger partial charge in [0, 0.05) is 0 Å². The number of benzene rings is 1. The van der Waals surface area contributed by atoms with Crippen molar-refractivity contribution in [2.24, 2.45) is 7.05 Å². The van der Waals surface area contributed by atoms with Crippen LogP contribution in [0.5, 0.6) is 0 Å². The third kappa shape index (κ3) is 1.98. The summed E-state index contributed by atoms with van der Waals surface area (Å²) in [6.45, 7) is 3.19. The van der Waals surface area contributed by atoms with E-state index in [1.54, 1.807) is 0 Å². The lowest BCUT2D eigenvalue weighted by molar-refractivity contribution is -0.645. The van der Waals surface area contributed by atoms with E-state index in [1.165, 1.54) is 11.0 Å². The molecule has 0 radical (unpaired) electrons. The van der Waals surface area contributed by atoms with Crippen LogP contribution >= 0.6 is 15.9 Å². The van der Waals surface area contributed by atoms with Gasteiger partial charge >= 0.3 is 0 Å². The first kappa shape index (κ1) is 11.2. The van der Waals surface area contributed by atoms with Crippen LogP contribution in [-0.2, 0) is 13.6 Å². The van der Waals surface area contributed by atoms with E-state index in [-0.39, 0.29) is 0 Å².